The van der Waals surface area contributed by atoms with Crippen molar-refractivity contribution in [3.05, 3.63) is 66.6 Å². The van der Waals surface area contributed by atoms with Gasteiger partial charge in [0.2, 0.25) is 5.88 Å². The summed E-state index contributed by atoms with van der Waals surface area (Å²) in [5, 5.41) is 5.08. The predicted octanol–water partition coefficient (Wildman–Crippen LogP) is 3.21. The number of amides is 1. The lowest BCUT2D eigenvalue weighted by molar-refractivity contribution is -0.131. The molecule has 1 fully saturated rings. The molecule has 5 rings (SSSR count). The summed E-state index contributed by atoms with van der Waals surface area (Å²) in [5.74, 6) is -3.41. The number of hydrogen-bond acceptors (Lipinski definition) is 5. The first-order valence-corrected chi connectivity index (χ1v) is 9.49. The fourth-order valence-corrected chi connectivity index (χ4v) is 3.53. The normalized spacial score (nSPS) is 18.6. The molecule has 1 atom stereocenters. The van der Waals surface area contributed by atoms with Gasteiger partial charge in [0.05, 0.1) is 12.1 Å². The summed E-state index contributed by atoms with van der Waals surface area (Å²) >= 11 is 0. The number of alkyl halides is 2. The predicted molar refractivity (Wildman–Crippen MR) is 105 cm³/mol. The Kier molecular flexibility index (Phi) is 4.30. The number of halogens is 2. The second kappa shape index (κ2) is 7.01. The van der Waals surface area contributed by atoms with Crippen molar-refractivity contribution in [1.82, 2.24) is 24.5 Å². The van der Waals surface area contributed by atoms with Crippen molar-refractivity contribution in [3.63, 3.8) is 0 Å². The lowest BCUT2D eigenvalue weighted by atomic mass is 10.0. The molecule has 4 heterocycles. The number of carbonyl (C=O) groups is 1. The zero-order valence-electron chi connectivity index (χ0n) is 15.8. The van der Waals surface area contributed by atoms with Crippen molar-refractivity contribution in [2.24, 2.45) is 0 Å². The maximum atomic E-state index is 14.6. The number of pyridine rings is 1. The zero-order chi connectivity index (χ0) is 20.7. The molecule has 4 aromatic rings. The highest BCUT2D eigenvalue weighted by molar-refractivity contribution is 5.93. The Morgan fingerprint density at radius 3 is 2.90 bits per heavy atom. The third-order valence-corrected chi connectivity index (χ3v) is 5.15. The van der Waals surface area contributed by atoms with Gasteiger partial charge in [-0.3, -0.25) is 4.79 Å². The van der Waals surface area contributed by atoms with Crippen LogP contribution in [0.25, 0.3) is 16.6 Å². The summed E-state index contributed by atoms with van der Waals surface area (Å²) in [7, 11) is 0. The van der Waals surface area contributed by atoms with E-state index in [1.165, 1.54) is 15.5 Å². The number of hydrogen-bond donors (Lipinski definition) is 0. The summed E-state index contributed by atoms with van der Waals surface area (Å²) in [4.78, 5) is 22.6. The highest BCUT2D eigenvalue weighted by Gasteiger charge is 2.47. The molecular weight excluding hydrogens is 392 g/mol. The van der Waals surface area contributed by atoms with E-state index in [0.29, 0.717) is 11.2 Å². The van der Waals surface area contributed by atoms with Gasteiger partial charge in [-0.15, -0.1) is 0 Å². The molecule has 3 aromatic heterocycles. The Morgan fingerprint density at radius 2 is 2.03 bits per heavy atom. The molecule has 7 nitrogen and oxygen atoms in total. The van der Waals surface area contributed by atoms with Crippen LogP contribution in [0.4, 0.5) is 8.78 Å². The molecule has 0 spiro atoms. The molecule has 0 unspecified atom stereocenters. The van der Waals surface area contributed by atoms with Gasteiger partial charge in [-0.25, -0.2) is 23.3 Å². The molecule has 30 heavy (non-hydrogen) atoms. The molecule has 1 amide bonds. The van der Waals surface area contributed by atoms with E-state index in [9.17, 15) is 13.6 Å². The number of aromatic nitrogens is 4. The van der Waals surface area contributed by atoms with Gasteiger partial charge >= 0.3 is 0 Å². The summed E-state index contributed by atoms with van der Waals surface area (Å²) in [5.41, 5.74) is 1.32. The first-order chi connectivity index (χ1) is 14.5. The lowest BCUT2D eigenvalue weighted by Crippen LogP contribution is -2.55. The van der Waals surface area contributed by atoms with Gasteiger partial charge < -0.3 is 9.64 Å². The summed E-state index contributed by atoms with van der Waals surface area (Å²) in [6.45, 7) is -0.347. The largest absolute Gasteiger partial charge is 0.466 e. The van der Waals surface area contributed by atoms with Gasteiger partial charge in [0.1, 0.15) is 0 Å². The van der Waals surface area contributed by atoms with Crippen molar-refractivity contribution in [2.45, 2.75) is 18.4 Å². The van der Waals surface area contributed by atoms with Crippen molar-refractivity contribution in [1.29, 1.82) is 0 Å². The van der Waals surface area contributed by atoms with E-state index < -0.39 is 24.4 Å². The molecule has 1 saturated heterocycles. The highest BCUT2D eigenvalue weighted by Crippen LogP contribution is 2.32. The molecule has 0 radical (unpaired) electrons. The quantitative estimate of drug-likeness (QED) is 0.520. The van der Waals surface area contributed by atoms with Gasteiger partial charge in [-0.05, 0) is 18.2 Å². The van der Waals surface area contributed by atoms with E-state index in [1.807, 2.05) is 18.2 Å². The second-order valence-electron chi connectivity index (χ2n) is 7.16. The van der Waals surface area contributed by atoms with Crippen LogP contribution in [0.2, 0.25) is 0 Å². The van der Waals surface area contributed by atoms with Crippen LogP contribution in [0.15, 0.2) is 60.9 Å². The van der Waals surface area contributed by atoms with Gasteiger partial charge in [0.15, 0.2) is 17.4 Å². The number of benzene rings is 1. The molecule has 0 aliphatic carbocycles. The number of rotatable bonds is 3. The molecule has 0 bridgehead atoms. The van der Waals surface area contributed by atoms with Gasteiger partial charge in [0, 0.05) is 42.9 Å². The van der Waals surface area contributed by atoms with E-state index in [2.05, 4.69) is 15.1 Å². The minimum absolute atomic E-state index is 0.0852. The van der Waals surface area contributed by atoms with E-state index in [1.54, 1.807) is 36.7 Å². The number of ether oxygens (including phenoxy) is 1. The Hall–Kier alpha value is -3.62. The smallest absolute Gasteiger partial charge is 0.287 e. The van der Waals surface area contributed by atoms with E-state index in [-0.39, 0.29) is 24.7 Å². The fourth-order valence-electron chi connectivity index (χ4n) is 3.53. The Bertz CT molecular complexity index is 1210. The highest BCUT2D eigenvalue weighted by atomic mass is 19.3. The minimum Gasteiger partial charge on any atom is -0.466 e. The van der Waals surface area contributed by atoms with E-state index in [0.717, 1.165) is 5.39 Å². The summed E-state index contributed by atoms with van der Waals surface area (Å²) in [6.07, 6.45) is 1.26. The van der Waals surface area contributed by atoms with Crippen molar-refractivity contribution in [2.75, 3.05) is 13.1 Å². The SMILES string of the molecule is O=C(c1cc2ncccn2n1)N1CCC(F)(F)[C@@H](Oc2ccc3ccccc3n2)C1. The van der Waals surface area contributed by atoms with Crippen LogP contribution < -0.4 is 4.74 Å². The summed E-state index contributed by atoms with van der Waals surface area (Å²) in [6, 6.07) is 13.9. The van der Waals surface area contributed by atoms with E-state index in [4.69, 9.17) is 4.74 Å². The van der Waals surface area contributed by atoms with Crippen LogP contribution in [-0.4, -0.2) is 55.5 Å². The van der Waals surface area contributed by atoms with Crippen molar-refractivity contribution in [3.8, 4) is 5.88 Å². The Morgan fingerprint density at radius 1 is 1.17 bits per heavy atom. The van der Waals surface area contributed by atoms with Crippen LogP contribution in [0.3, 0.4) is 0 Å². The van der Waals surface area contributed by atoms with Crippen LogP contribution in [0.5, 0.6) is 5.88 Å². The van der Waals surface area contributed by atoms with Crippen LogP contribution in [0, 0.1) is 0 Å². The molecule has 0 N–H and O–H groups in total. The standard InChI is InChI=1S/C21H17F2N5O2/c22-21(23)8-11-27(20(29)16-12-18-24-9-3-10-28(18)26-16)13-17(21)30-19-7-6-14-4-1-2-5-15(14)25-19/h1-7,9-10,12,17H,8,11,13H2/t17-/m0/s1. The number of likely N-dealkylation sites (tertiary alicyclic amines) is 1. The topological polar surface area (TPSA) is 72.6 Å². The van der Waals surface area contributed by atoms with Crippen LogP contribution in [-0.2, 0) is 0 Å². The fraction of sp³-hybridized carbons (Fsp3) is 0.238. The average molecular weight is 409 g/mol. The maximum absolute atomic E-state index is 14.6. The van der Waals surface area contributed by atoms with Crippen LogP contribution >= 0.6 is 0 Å². The molecule has 1 aromatic carbocycles. The molecule has 1 aliphatic rings. The van der Waals surface area contributed by atoms with E-state index >= 15 is 0 Å². The van der Waals surface area contributed by atoms with Crippen molar-refractivity contribution >= 4 is 22.5 Å². The Labute approximate surface area is 169 Å². The maximum Gasteiger partial charge on any atom is 0.287 e. The average Bonchev–Trinajstić information content (AvgIpc) is 3.19. The number of fused-ring (bicyclic) bond motifs is 2. The molecule has 9 heteroatoms. The monoisotopic (exact) mass is 409 g/mol. The minimum atomic E-state index is -3.08. The molecule has 1 aliphatic heterocycles. The first kappa shape index (κ1) is 18.4. The second-order valence-corrected chi connectivity index (χ2v) is 7.16. The van der Waals surface area contributed by atoms with Gasteiger partial charge in [-0.2, -0.15) is 5.10 Å². The number of piperidine rings is 1. The first-order valence-electron chi connectivity index (χ1n) is 9.49. The molecular formula is C21H17F2N5O2. The zero-order valence-corrected chi connectivity index (χ0v) is 15.8. The molecule has 152 valence electrons. The Balaban J connectivity index is 1.38. The third-order valence-electron chi connectivity index (χ3n) is 5.15. The number of nitrogens with zero attached hydrogens (tertiary/aromatic N) is 5. The number of carbonyl (C=O) groups excluding carboxylic acids is 1. The van der Waals surface area contributed by atoms with Crippen molar-refractivity contribution < 1.29 is 18.3 Å². The van der Waals surface area contributed by atoms with Gasteiger partial charge in [-0.1, -0.05) is 18.2 Å². The third kappa shape index (κ3) is 3.32. The summed E-state index contributed by atoms with van der Waals surface area (Å²) < 4.78 is 36.1. The lowest BCUT2D eigenvalue weighted by Gasteiger charge is -2.37. The number of para-hydroxylation sites is 1. The molecule has 0 saturated carbocycles. The van der Waals surface area contributed by atoms with Crippen LogP contribution in [0.1, 0.15) is 16.9 Å². The van der Waals surface area contributed by atoms with Gasteiger partial charge in [0.25, 0.3) is 11.8 Å².